The second-order valence-corrected chi connectivity index (χ2v) is 5.51. The van der Waals surface area contributed by atoms with Crippen LogP contribution in [0.5, 0.6) is 5.75 Å². The molecule has 0 fully saturated rings. The zero-order valence-electron chi connectivity index (χ0n) is 12.5. The number of nitrogens with zero attached hydrogens (tertiary/aromatic N) is 1. The molecule has 0 radical (unpaired) electrons. The third-order valence-electron chi connectivity index (χ3n) is 3.26. The second kappa shape index (κ2) is 7.92. The summed E-state index contributed by atoms with van der Waals surface area (Å²) >= 11 is 5.82. The monoisotopic (exact) mass is 339 g/mol. The lowest BCUT2D eigenvalue weighted by Crippen LogP contribution is -2.27. The van der Waals surface area contributed by atoms with Gasteiger partial charge < -0.3 is 9.64 Å². The highest BCUT2D eigenvalue weighted by atomic mass is 35.5. The molecule has 0 heterocycles. The van der Waals surface area contributed by atoms with Crippen LogP contribution in [0, 0.1) is 0 Å². The fourth-order valence-electron chi connectivity index (χ4n) is 2.05. The molecular weight excluding hydrogens is 324 g/mol. The molecule has 0 aliphatic carbocycles. The Balaban J connectivity index is 1.91. The highest BCUT2D eigenvalue weighted by molar-refractivity contribution is 6.30. The predicted octanol–water partition coefficient (Wildman–Crippen LogP) is 4.14. The van der Waals surface area contributed by atoms with E-state index >= 15 is 0 Å². The first-order chi connectivity index (χ1) is 10.9. The van der Waals surface area contributed by atoms with Crippen molar-refractivity contribution >= 4 is 17.5 Å². The number of benzene rings is 2. The van der Waals surface area contributed by atoms with Gasteiger partial charge in [-0.1, -0.05) is 35.9 Å². The van der Waals surface area contributed by atoms with Crippen molar-refractivity contribution in [2.24, 2.45) is 0 Å². The molecule has 0 spiro atoms. The Labute approximate surface area is 138 Å². The Morgan fingerprint density at radius 2 is 1.65 bits per heavy atom. The van der Waals surface area contributed by atoms with Gasteiger partial charge in [-0.3, -0.25) is 4.79 Å². The van der Waals surface area contributed by atoms with E-state index in [1.54, 1.807) is 36.2 Å². The summed E-state index contributed by atoms with van der Waals surface area (Å²) in [5.74, 6) is 0.00759. The zero-order valence-corrected chi connectivity index (χ0v) is 13.3. The van der Waals surface area contributed by atoms with E-state index in [0.717, 1.165) is 11.1 Å². The van der Waals surface area contributed by atoms with E-state index in [2.05, 4.69) is 4.74 Å². The van der Waals surface area contributed by atoms with Gasteiger partial charge in [0, 0.05) is 18.6 Å². The van der Waals surface area contributed by atoms with Crippen LogP contribution in [0.25, 0.3) is 0 Å². The summed E-state index contributed by atoms with van der Waals surface area (Å²) in [6.45, 7) is -2.38. The average molecular weight is 340 g/mol. The number of likely N-dealkylation sites (N-methyl/N-ethyl adjacent to an activating group) is 1. The Kier molecular flexibility index (Phi) is 5.93. The van der Waals surface area contributed by atoms with E-state index in [9.17, 15) is 13.6 Å². The number of alkyl halides is 2. The van der Waals surface area contributed by atoms with Crippen LogP contribution in [0.4, 0.5) is 8.78 Å². The van der Waals surface area contributed by atoms with Crippen LogP contribution >= 0.6 is 11.6 Å². The fraction of sp³-hybridized carbons (Fsp3) is 0.235. The maximum Gasteiger partial charge on any atom is 0.387 e. The molecule has 0 atom stereocenters. The van der Waals surface area contributed by atoms with Gasteiger partial charge in [-0.15, -0.1) is 0 Å². The molecule has 122 valence electrons. The fourth-order valence-corrected chi connectivity index (χ4v) is 2.18. The van der Waals surface area contributed by atoms with Crippen LogP contribution in [-0.2, 0) is 17.8 Å². The summed E-state index contributed by atoms with van der Waals surface area (Å²) in [7, 11) is 1.71. The van der Waals surface area contributed by atoms with Crippen molar-refractivity contribution in [2.75, 3.05) is 7.05 Å². The number of rotatable bonds is 6. The molecule has 2 aromatic carbocycles. The first-order valence-corrected chi connectivity index (χ1v) is 7.34. The third kappa shape index (κ3) is 5.53. The van der Waals surface area contributed by atoms with Gasteiger partial charge in [0.2, 0.25) is 5.91 Å². The van der Waals surface area contributed by atoms with Crippen molar-refractivity contribution < 1.29 is 18.3 Å². The molecular formula is C17H16ClF2NO2. The molecule has 3 nitrogen and oxygen atoms in total. The molecule has 23 heavy (non-hydrogen) atoms. The van der Waals surface area contributed by atoms with E-state index in [4.69, 9.17) is 11.6 Å². The van der Waals surface area contributed by atoms with Crippen LogP contribution in [0.3, 0.4) is 0 Å². The summed E-state index contributed by atoms with van der Waals surface area (Å²) in [5.41, 5.74) is 1.71. The standard InChI is InChI=1S/C17H16ClF2NO2/c1-21(11-13-2-6-14(18)7-3-13)16(22)10-12-4-8-15(9-5-12)23-17(19)20/h2-9,17H,10-11H2,1H3. The Bertz CT molecular complexity index is 645. The van der Waals surface area contributed by atoms with Gasteiger partial charge in [0.05, 0.1) is 6.42 Å². The molecule has 1 amide bonds. The van der Waals surface area contributed by atoms with Gasteiger partial charge in [-0.2, -0.15) is 8.78 Å². The van der Waals surface area contributed by atoms with Crippen LogP contribution in [0.1, 0.15) is 11.1 Å². The molecule has 0 aromatic heterocycles. The molecule has 6 heteroatoms. The Morgan fingerprint density at radius 3 is 2.22 bits per heavy atom. The summed E-state index contributed by atoms with van der Waals surface area (Å²) in [6.07, 6.45) is 0.194. The first-order valence-electron chi connectivity index (χ1n) is 6.96. The summed E-state index contributed by atoms with van der Waals surface area (Å²) < 4.78 is 28.4. The number of halogens is 3. The summed E-state index contributed by atoms with van der Waals surface area (Å²) in [6, 6.07) is 13.3. The van der Waals surface area contributed by atoms with Crippen molar-refractivity contribution in [2.45, 2.75) is 19.6 Å². The summed E-state index contributed by atoms with van der Waals surface area (Å²) in [5, 5.41) is 0.647. The quantitative estimate of drug-likeness (QED) is 0.791. The van der Waals surface area contributed by atoms with E-state index in [-0.39, 0.29) is 18.1 Å². The third-order valence-corrected chi connectivity index (χ3v) is 3.51. The number of hydrogen-bond acceptors (Lipinski definition) is 2. The van der Waals surface area contributed by atoms with E-state index in [1.165, 1.54) is 12.1 Å². The minimum Gasteiger partial charge on any atom is -0.435 e. The Morgan fingerprint density at radius 1 is 1.09 bits per heavy atom. The van der Waals surface area contributed by atoms with E-state index in [1.807, 2.05) is 12.1 Å². The molecule has 0 unspecified atom stereocenters. The second-order valence-electron chi connectivity index (χ2n) is 5.08. The molecule has 0 N–H and O–H groups in total. The smallest absolute Gasteiger partial charge is 0.387 e. The van der Waals surface area contributed by atoms with Crippen molar-refractivity contribution in [3.05, 3.63) is 64.7 Å². The highest BCUT2D eigenvalue weighted by Gasteiger charge is 2.11. The predicted molar refractivity (Wildman–Crippen MR) is 84.7 cm³/mol. The number of amides is 1. The van der Waals surface area contributed by atoms with Crippen LogP contribution < -0.4 is 4.74 Å². The van der Waals surface area contributed by atoms with E-state index < -0.39 is 6.61 Å². The van der Waals surface area contributed by atoms with Gasteiger partial charge >= 0.3 is 6.61 Å². The number of carbonyl (C=O) groups is 1. The zero-order chi connectivity index (χ0) is 16.8. The number of carbonyl (C=O) groups excluding carboxylic acids is 1. The largest absolute Gasteiger partial charge is 0.435 e. The van der Waals surface area contributed by atoms with Crippen molar-refractivity contribution in [1.82, 2.24) is 4.90 Å². The van der Waals surface area contributed by atoms with Crippen LogP contribution in [0.15, 0.2) is 48.5 Å². The first kappa shape index (κ1) is 17.2. The lowest BCUT2D eigenvalue weighted by molar-refractivity contribution is -0.129. The van der Waals surface area contributed by atoms with Crippen molar-refractivity contribution in [3.8, 4) is 5.75 Å². The number of ether oxygens (including phenoxy) is 1. The van der Waals surface area contributed by atoms with Gasteiger partial charge in [0.15, 0.2) is 0 Å². The molecule has 2 rings (SSSR count). The topological polar surface area (TPSA) is 29.5 Å². The summed E-state index contributed by atoms with van der Waals surface area (Å²) in [4.78, 5) is 13.8. The van der Waals surface area contributed by atoms with Gasteiger partial charge in [0.25, 0.3) is 0 Å². The minimum atomic E-state index is -2.85. The molecule has 0 saturated carbocycles. The van der Waals surface area contributed by atoms with E-state index in [0.29, 0.717) is 11.6 Å². The maximum absolute atomic E-state index is 12.2. The molecule has 0 aliphatic heterocycles. The van der Waals surface area contributed by atoms with Gasteiger partial charge in [0.1, 0.15) is 5.75 Å². The molecule has 2 aromatic rings. The van der Waals surface area contributed by atoms with Gasteiger partial charge in [-0.25, -0.2) is 0 Å². The van der Waals surface area contributed by atoms with Crippen molar-refractivity contribution in [1.29, 1.82) is 0 Å². The molecule has 0 saturated heterocycles. The average Bonchev–Trinajstić information content (AvgIpc) is 2.51. The van der Waals surface area contributed by atoms with Crippen molar-refractivity contribution in [3.63, 3.8) is 0 Å². The molecule has 0 aliphatic rings. The lowest BCUT2D eigenvalue weighted by atomic mass is 10.1. The molecule has 0 bridgehead atoms. The number of hydrogen-bond donors (Lipinski definition) is 0. The normalized spacial score (nSPS) is 10.7. The van der Waals surface area contributed by atoms with Gasteiger partial charge in [-0.05, 0) is 35.4 Å². The minimum absolute atomic E-state index is 0.0672. The maximum atomic E-state index is 12.2. The SMILES string of the molecule is CN(Cc1ccc(Cl)cc1)C(=O)Cc1ccc(OC(F)F)cc1. The van der Waals surface area contributed by atoms with Crippen LogP contribution in [0.2, 0.25) is 5.02 Å². The lowest BCUT2D eigenvalue weighted by Gasteiger charge is -2.17. The highest BCUT2D eigenvalue weighted by Crippen LogP contribution is 2.16. The van der Waals surface area contributed by atoms with Crippen LogP contribution in [-0.4, -0.2) is 24.5 Å². The Hall–Kier alpha value is -2.14.